The van der Waals surface area contributed by atoms with Crippen molar-refractivity contribution in [2.45, 2.75) is 65.1 Å². The third kappa shape index (κ3) is 6.30. The fourth-order valence-electron chi connectivity index (χ4n) is 5.83. The summed E-state index contributed by atoms with van der Waals surface area (Å²) in [7, 11) is 1.51. The first-order valence-corrected chi connectivity index (χ1v) is 14.5. The Morgan fingerprint density at radius 1 is 1.20 bits per heavy atom. The van der Waals surface area contributed by atoms with Crippen LogP contribution >= 0.6 is 0 Å². The molecule has 2 heterocycles. The van der Waals surface area contributed by atoms with Gasteiger partial charge in [-0.2, -0.15) is 0 Å². The minimum Gasteiger partial charge on any atom is -0.497 e. The monoisotopic (exact) mass is 548 g/mol. The summed E-state index contributed by atoms with van der Waals surface area (Å²) in [6, 6.07) is 11.1. The fraction of sp³-hybridized carbons (Fsp3) is 0.516. The van der Waals surface area contributed by atoms with E-state index >= 15 is 0 Å². The summed E-state index contributed by atoms with van der Waals surface area (Å²) >= 11 is 0. The molecule has 1 aliphatic carbocycles. The van der Waals surface area contributed by atoms with Crippen LogP contribution in [0.15, 0.2) is 52.5 Å². The Labute approximate surface area is 235 Å². The van der Waals surface area contributed by atoms with E-state index in [1.54, 1.807) is 23.0 Å². The second-order valence-electron chi connectivity index (χ2n) is 11.4. The number of guanidine groups is 1. The van der Waals surface area contributed by atoms with E-state index in [1.807, 2.05) is 18.2 Å². The van der Waals surface area contributed by atoms with Crippen LogP contribution in [0.4, 0.5) is 10.1 Å². The Balaban J connectivity index is 1.36. The van der Waals surface area contributed by atoms with Gasteiger partial charge >= 0.3 is 0 Å². The van der Waals surface area contributed by atoms with E-state index in [1.165, 1.54) is 26.0 Å². The molecule has 5 rings (SSSR count). The molecule has 0 radical (unpaired) electrons. The van der Waals surface area contributed by atoms with Gasteiger partial charge in [-0.05, 0) is 61.4 Å². The van der Waals surface area contributed by atoms with E-state index in [-0.39, 0.29) is 17.4 Å². The van der Waals surface area contributed by atoms with Crippen LogP contribution in [0.25, 0.3) is 10.9 Å². The highest BCUT2D eigenvalue weighted by Crippen LogP contribution is 2.32. The third-order valence-electron chi connectivity index (χ3n) is 8.58. The van der Waals surface area contributed by atoms with Gasteiger partial charge in [0.25, 0.3) is 5.56 Å². The highest BCUT2D eigenvalue weighted by Gasteiger charge is 2.29. The van der Waals surface area contributed by atoms with E-state index in [4.69, 9.17) is 9.73 Å². The van der Waals surface area contributed by atoms with Crippen LogP contribution in [0, 0.1) is 17.7 Å². The van der Waals surface area contributed by atoms with Gasteiger partial charge in [0.05, 0.1) is 30.4 Å². The molecule has 9 heteroatoms. The van der Waals surface area contributed by atoms with Crippen molar-refractivity contribution in [3.05, 3.63) is 64.5 Å². The molecule has 214 valence electrons. The maximum atomic E-state index is 14.4. The number of aliphatic imine (C=N–C) groups is 1. The number of hydrogen-bond acceptors (Lipinski definition) is 5. The van der Waals surface area contributed by atoms with Crippen molar-refractivity contribution in [2.75, 3.05) is 32.1 Å². The van der Waals surface area contributed by atoms with Crippen molar-refractivity contribution >= 4 is 22.5 Å². The van der Waals surface area contributed by atoms with Gasteiger partial charge in [-0.25, -0.2) is 14.4 Å². The molecule has 2 fully saturated rings. The maximum absolute atomic E-state index is 14.4. The zero-order valence-electron chi connectivity index (χ0n) is 24.0. The number of methoxy groups -OCH3 is 1. The second kappa shape index (κ2) is 12.4. The summed E-state index contributed by atoms with van der Waals surface area (Å²) < 4.78 is 21.0. The van der Waals surface area contributed by atoms with Crippen molar-refractivity contribution in [1.29, 1.82) is 0 Å². The molecule has 3 unspecified atom stereocenters. The van der Waals surface area contributed by atoms with E-state index < -0.39 is 0 Å². The predicted molar refractivity (Wildman–Crippen MR) is 159 cm³/mol. The van der Waals surface area contributed by atoms with Crippen molar-refractivity contribution in [3.8, 4) is 5.75 Å². The molecule has 2 aromatic carbocycles. The first-order valence-electron chi connectivity index (χ1n) is 14.5. The molecule has 3 aromatic rings. The van der Waals surface area contributed by atoms with Crippen LogP contribution in [-0.2, 0) is 13.0 Å². The summed E-state index contributed by atoms with van der Waals surface area (Å²) in [5.74, 6) is 2.23. The molecule has 4 atom stereocenters. The molecule has 0 bridgehead atoms. The largest absolute Gasteiger partial charge is 0.497 e. The molecule has 40 heavy (non-hydrogen) atoms. The van der Waals surface area contributed by atoms with Crippen molar-refractivity contribution < 1.29 is 9.13 Å². The number of aryl methyl sites for hydroxylation is 2. The Hall–Kier alpha value is -3.46. The van der Waals surface area contributed by atoms with Crippen LogP contribution < -0.4 is 20.9 Å². The van der Waals surface area contributed by atoms with Gasteiger partial charge in [-0.15, -0.1) is 0 Å². The molecular weight excluding hydrogens is 507 g/mol. The van der Waals surface area contributed by atoms with Crippen LogP contribution in [0.1, 0.15) is 45.6 Å². The molecule has 1 saturated heterocycles. The number of nitrogens with zero attached hydrogens (tertiary/aromatic N) is 4. The molecular formula is C31H41FN6O2. The fourth-order valence-corrected chi connectivity index (χ4v) is 5.83. The number of aromatic nitrogens is 2. The number of benzene rings is 2. The van der Waals surface area contributed by atoms with Crippen molar-refractivity contribution in [3.63, 3.8) is 0 Å². The van der Waals surface area contributed by atoms with Crippen molar-refractivity contribution in [2.24, 2.45) is 16.8 Å². The third-order valence-corrected chi connectivity index (χ3v) is 8.58. The molecule has 2 N–H and O–H groups in total. The zero-order chi connectivity index (χ0) is 28.2. The number of rotatable bonds is 6. The Kier molecular flexibility index (Phi) is 8.69. The Bertz CT molecular complexity index is 1420. The first-order chi connectivity index (χ1) is 19.3. The minimum absolute atomic E-state index is 0.139. The average Bonchev–Trinajstić information content (AvgIpc) is 2.95. The number of hydrogen-bond donors (Lipinski definition) is 2. The van der Waals surface area contributed by atoms with E-state index in [0.29, 0.717) is 53.1 Å². The lowest BCUT2D eigenvalue weighted by Gasteiger charge is -2.37. The number of anilines is 1. The van der Waals surface area contributed by atoms with Gasteiger partial charge in [-0.3, -0.25) is 9.36 Å². The quantitative estimate of drug-likeness (QED) is 0.344. The molecule has 0 amide bonds. The normalized spacial score (nSPS) is 23.8. The molecule has 2 aliphatic rings. The van der Waals surface area contributed by atoms with E-state index in [0.717, 1.165) is 37.7 Å². The van der Waals surface area contributed by atoms with Crippen LogP contribution in [0.3, 0.4) is 0 Å². The lowest BCUT2D eigenvalue weighted by molar-refractivity contribution is 0.237. The van der Waals surface area contributed by atoms with Gasteiger partial charge < -0.3 is 20.3 Å². The summed E-state index contributed by atoms with van der Waals surface area (Å²) in [5, 5.41) is 7.64. The Morgan fingerprint density at radius 3 is 2.83 bits per heavy atom. The number of piperazine rings is 1. The topological polar surface area (TPSA) is 83.8 Å². The average molecular weight is 549 g/mol. The van der Waals surface area contributed by atoms with Gasteiger partial charge in [-0.1, -0.05) is 32.8 Å². The van der Waals surface area contributed by atoms with Gasteiger partial charge in [0.1, 0.15) is 11.6 Å². The summed E-state index contributed by atoms with van der Waals surface area (Å²) in [6.07, 6.45) is 5.51. The predicted octanol–water partition coefficient (Wildman–Crippen LogP) is 4.67. The highest BCUT2D eigenvalue weighted by molar-refractivity contribution is 5.96. The Morgan fingerprint density at radius 2 is 2.05 bits per heavy atom. The number of ether oxygens (including phenoxy) is 1. The molecule has 1 aromatic heterocycles. The molecule has 1 aliphatic heterocycles. The van der Waals surface area contributed by atoms with E-state index in [9.17, 15) is 9.18 Å². The number of halogens is 1. The minimum atomic E-state index is -0.342. The summed E-state index contributed by atoms with van der Waals surface area (Å²) in [6.45, 7) is 9.87. The summed E-state index contributed by atoms with van der Waals surface area (Å²) in [5.41, 5.74) is 1.87. The second-order valence-corrected chi connectivity index (χ2v) is 11.4. The maximum Gasteiger partial charge on any atom is 0.261 e. The number of nitrogens with one attached hydrogen (secondary N) is 2. The molecule has 1 saturated carbocycles. The standard InChI is InChI=1S/C31H41FN6O2/c1-20-6-5-7-28(22(20)3)36-31(37-15-13-33-21(2)18-37)35-24-9-11-26-29(16-24)34-19-38(30(26)39)14-12-23-8-10-25(40-4)17-27(23)32/h8-11,16-17,19-22,28,33H,5-7,12-15,18H2,1-4H3,(H,35,36)/t20?,21-,22?,28?/m1/s1. The van der Waals surface area contributed by atoms with Crippen molar-refractivity contribution in [1.82, 2.24) is 19.8 Å². The summed E-state index contributed by atoms with van der Waals surface area (Å²) in [4.78, 5) is 25.4. The smallest absolute Gasteiger partial charge is 0.261 e. The van der Waals surface area contributed by atoms with Gasteiger partial charge in [0.15, 0.2) is 5.96 Å². The molecule has 8 nitrogen and oxygen atoms in total. The SMILES string of the molecule is COc1ccc(CCn2cnc3cc(NC(=NC4CCCC(C)C4C)N4CCN[C@H](C)C4)ccc3c2=O)c(F)c1. The number of fused-ring (bicyclic) bond motifs is 1. The van der Waals surface area contributed by atoms with Crippen LogP contribution in [0.2, 0.25) is 0 Å². The van der Waals surface area contributed by atoms with E-state index in [2.05, 4.69) is 41.3 Å². The zero-order valence-corrected chi connectivity index (χ0v) is 24.0. The lowest BCUT2D eigenvalue weighted by atomic mass is 9.78. The van der Waals surface area contributed by atoms with Crippen LogP contribution in [0.5, 0.6) is 5.75 Å². The van der Waals surface area contributed by atoms with Crippen LogP contribution in [-0.4, -0.2) is 59.2 Å². The molecule has 0 spiro atoms. The van der Waals surface area contributed by atoms with Gasteiger partial charge in [0, 0.05) is 44.0 Å². The highest BCUT2D eigenvalue weighted by atomic mass is 19.1. The van der Waals surface area contributed by atoms with Gasteiger partial charge in [0.2, 0.25) is 0 Å². The lowest BCUT2D eigenvalue weighted by Crippen LogP contribution is -2.53. The first kappa shape index (κ1) is 28.1.